The minimum absolute atomic E-state index is 0.0971. The van der Waals surface area contributed by atoms with Gasteiger partial charge in [-0.15, -0.1) is 0 Å². The van der Waals surface area contributed by atoms with E-state index in [1.165, 1.54) is 12.5 Å². The van der Waals surface area contributed by atoms with Crippen molar-refractivity contribution in [2.45, 2.75) is 31.5 Å². The molecule has 0 radical (unpaired) electrons. The summed E-state index contributed by atoms with van der Waals surface area (Å²) in [5.74, 6) is 0.986. The fraction of sp³-hybridized carbons (Fsp3) is 0.692. The van der Waals surface area contributed by atoms with Gasteiger partial charge in [0.2, 0.25) is 0 Å². The number of hydrogen-bond donors (Lipinski definition) is 0. The summed E-state index contributed by atoms with van der Waals surface area (Å²) in [5, 5.41) is 0. The van der Waals surface area contributed by atoms with Crippen molar-refractivity contribution < 1.29 is 14.2 Å². The molecule has 0 aromatic heterocycles. The van der Waals surface area contributed by atoms with Crippen LogP contribution in [0.25, 0.3) is 0 Å². The zero-order valence-electron chi connectivity index (χ0n) is 9.85. The van der Waals surface area contributed by atoms with Gasteiger partial charge in [0, 0.05) is 11.8 Å². The van der Waals surface area contributed by atoms with Gasteiger partial charge in [0.05, 0.1) is 37.4 Å². The van der Waals surface area contributed by atoms with Crippen LogP contribution in [-0.4, -0.2) is 24.9 Å². The summed E-state index contributed by atoms with van der Waals surface area (Å²) in [7, 11) is 0. The molecular formula is C13H20O3. The molecule has 2 rings (SSSR count). The molecule has 1 aliphatic heterocycles. The van der Waals surface area contributed by atoms with Crippen LogP contribution in [0.3, 0.4) is 0 Å². The van der Waals surface area contributed by atoms with Crippen LogP contribution >= 0.6 is 0 Å². The summed E-state index contributed by atoms with van der Waals surface area (Å²) in [6.07, 6.45) is 5.55. The van der Waals surface area contributed by atoms with Crippen molar-refractivity contribution in [3.05, 3.63) is 25.7 Å². The van der Waals surface area contributed by atoms with Gasteiger partial charge in [0.1, 0.15) is 0 Å². The lowest BCUT2D eigenvalue weighted by Crippen LogP contribution is -2.34. The maximum Gasteiger partial charge on any atom is 0.0924 e. The monoisotopic (exact) mass is 224 g/mol. The molecule has 90 valence electrons. The number of hydrogen-bond acceptors (Lipinski definition) is 3. The molecular weight excluding hydrogens is 204 g/mol. The molecule has 0 spiro atoms. The summed E-state index contributed by atoms with van der Waals surface area (Å²) in [4.78, 5) is 0. The first-order valence-corrected chi connectivity index (χ1v) is 5.82. The Morgan fingerprint density at radius 1 is 1.25 bits per heavy atom. The average Bonchev–Trinajstić information content (AvgIpc) is 2.93. The van der Waals surface area contributed by atoms with E-state index in [0.717, 1.165) is 12.8 Å². The standard InChI is InChI=1S/C13H20O3/c1-4-14-8-10-6-12-13(3,16-12)7-11(10)9-15-5-2/h4-5,10-12H,1-2,6-9H2,3H3. The van der Waals surface area contributed by atoms with Crippen LogP contribution in [0.15, 0.2) is 25.7 Å². The van der Waals surface area contributed by atoms with Crippen molar-refractivity contribution in [3.8, 4) is 0 Å². The van der Waals surface area contributed by atoms with E-state index >= 15 is 0 Å². The van der Waals surface area contributed by atoms with Crippen LogP contribution in [-0.2, 0) is 14.2 Å². The fourth-order valence-corrected chi connectivity index (χ4v) is 2.71. The minimum atomic E-state index is 0.0971. The Balaban J connectivity index is 1.91. The lowest BCUT2D eigenvalue weighted by molar-refractivity contribution is 0.0713. The van der Waals surface area contributed by atoms with Crippen LogP contribution < -0.4 is 0 Å². The number of epoxide rings is 1. The average molecular weight is 224 g/mol. The van der Waals surface area contributed by atoms with Crippen molar-refractivity contribution in [3.63, 3.8) is 0 Å². The molecule has 0 aromatic rings. The van der Waals surface area contributed by atoms with E-state index in [-0.39, 0.29) is 5.60 Å². The van der Waals surface area contributed by atoms with Crippen LogP contribution in [0, 0.1) is 11.8 Å². The summed E-state index contributed by atoms with van der Waals surface area (Å²) in [6, 6.07) is 0. The lowest BCUT2D eigenvalue weighted by Gasteiger charge is -2.31. The number of ether oxygens (including phenoxy) is 3. The van der Waals surface area contributed by atoms with Crippen LogP contribution in [0.1, 0.15) is 19.8 Å². The van der Waals surface area contributed by atoms with Crippen molar-refractivity contribution in [1.82, 2.24) is 0 Å². The van der Waals surface area contributed by atoms with Gasteiger partial charge in [-0.25, -0.2) is 0 Å². The quantitative estimate of drug-likeness (QED) is 0.513. The summed E-state index contributed by atoms with van der Waals surface area (Å²) >= 11 is 0. The summed E-state index contributed by atoms with van der Waals surface area (Å²) in [6.45, 7) is 10.8. The molecule has 0 bridgehead atoms. The normalized spacial score (nSPS) is 40.7. The third kappa shape index (κ3) is 2.24. The van der Waals surface area contributed by atoms with Crippen LogP contribution in [0.5, 0.6) is 0 Å². The maximum atomic E-state index is 5.72. The Morgan fingerprint density at radius 3 is 2.50 bits per heavy atom. The molecule has 2 fully saturated rings. The zero-order chi connectivity index (χ0) is 11.6. The predicted molar refractivity (Wildman–Crippen MR) is 61.8 cm³/mol. The molecule has 1 saturated carbocycles. The van der Waals surface area contributed by atoms with Crippen LogP contribution in [0.2, 0.25) is 0 Å². The molecule has 3 nitrogen and oxygen atoms in total. The van der Waals surface area contributed by atoms with Gasteiger partial charge in [-0.1, -0.05) is 13.2 Å². The highest BCUT2D eigenvalue weighted by Gasteiger charge is 2.58. The third-order valence-electron chi connectivity index (χ3n) is 3.74. The Kier molecular flexibility index (Phi) is 3.24. The number of rotatable bonds is 6. The first kappa shape index (κ1) is 11.5. The van der Waals surface area contributed by atoms with E-state index < -0.39 is 0 Å². The smallest absolute Gasteiger partial charge is 0.0924 e. The first-order valence-electron chi connectivity index (χ1n) is 5.82. The van der Waals surface area contributed by atoms with Gasteiger partial charge in [0.25, 0.3) is 0 Å². The van der Waals surface area contributed by atoms with Crippen LogP contribution in [0.4, 0.5) is 0 Å². The Hall–Kier alpha value is -0.960. The third-order valence-corrected chi connectivity index (χ3v) is 3.74. The Labute approximate surface area is 97.1 Å². The molecule has 1 saturated heterocycles. The molecule has 0 N–H and O–H groups in total. The molecule has 1 heterocycles. The van der Waals surface area contributed by atoms with Gasteiger partial charge in [-0.3, -0.25) is 0 Å². The molecule has 2 aliphatic rings. The van der Waals surface area contributed by atoms with Gasteiger partial charge >= 0.3 is 0 Å². The summed E-state index contributed by atoms with van der Waals surface area (Å²) < 4.78 is 16.4. The van der Waals surface area contributed by atoms with Crippen molar-refractivity contribution in [2.24, 2.45) is 11.8 Å². The highest BCUT2D eigenvalue weighted by Crippen LogP contribution is 2.51. The Morgan fingerprint density at radius 2 is 1.88 bits per heavy atom. The summed E-state index contributed by atoms with van der Waals surface area (Å²) in [5.41, 5.74) is 0.0971. The SMILES string of the molecule is C=COCC1CC2OC2(C)CC1COC=C. The highest BCUT2D eigenvalue weighted by molar-refractivity contribution is 5.06. The van der Waals surface area contributed by atoms with Gasteiger partial charge < -0.3 is 14.2 Å². The second kappa shape index (κ2) is 4.50. The molecule has 4 atom stereocenters. The predicted octanol–water partition coefficient (Wildman–Crippen LogP) is 2.49. The Bertz CT molecular complexity index is 276. The van der Waals surface area contributed by atoms with Gasteiger partial charge in [-0.05, 0) is 19.8 Å². The molecule has 0 aromatic carbocycles. The van der Waals surface area contributed by atoms with E-state index in [9.17, 15) is 0 Å². The molecule has 0 amide bonds. The first-order chi connectivity index (χ1) is 7.69. The van der Waals surface area contributed by atoms with E-state index in [1.807, 2.05) is 0 Å². The van der Waals surface area contributed by atoms with Crippen molar-refractivity contribution in [1.29, 1.82) is 0 Å². The van der Waals surface area contributed by atoms with E-state index in [1.54, 1.807) is 0 Å². The lowest BCUT2D eigenvalue weighted by atomic mass is 9.75. The van der Waals surface area contributed by atoms with E-state index in [4.69, 9.17) is 14.2 Å². The molecule has 16 heavy (non-hydrogen) atoms. The second-order valence-electron chi connectivity index (χ2n) is 4.88. The van der Waals surface area contributed by atoms with Crippen molar-refractivity contribution >= 4 is 0 Å². The fourth-order valence-electron chi connectivity index (χ4n) is 2.71. The zero-order valence-corrected chi connectivity index (χ0v) is 9.85. The topological polar surface area (TPSA) is 31.0 Å². The maximum absolute atomic E-state index is 5.72. The molecule has 1 aliphatic carbocycles. The number of fused-ring (bicyclic) bond motifs is 1. The minimum Gasteiger partial charge on any atom is -0.502 e. The molecule has 4 unspecified atom stereocenters. The van der Waals surface area contributed by atoms with Gasteiger partial charge in [-0.2, -0.15) is 0 Å². The largest absolute Gasteiger partial charge is 0.502 e. The van der Waals surface area contributed by atoms with E-state index in [2.05, 4.69) is 20.1 Å². The highest BCUT2D eigenvalue weighted by atomic mass is 16.6. The van der Waals surface area contributed by atoms with E-state index in [0.29, 0.717) is 31.2 Å². The molecule has 3 heteroatoms. The van der Waals surface area contributed by atoms with Crippen molar-refractivity contribution in [2.75, 3.05) is 13.2 Å². The second-order valence-corrected chi connectivity index (χ2v) is 4.88. The van der Waals surface area contributed by atoms with Gasteiger partial charge in [0.15, 0.2) is 0 Å².